The molecular weight excluding hydrogens is 284 g/mol. The number of hydrogen-bond acceptors (Lipinski definition) is 2. The summed E-state index contributed by atoms with van der Waals surface area (Å²) in [5.74, 6) is 6.07. The molecule has 0 spiro atoms. The molecule has 0 unspecified atom stereocenters. The summed E-state index contributed by atoms with van der Waals surface area (Å²) in [5.41, 5.74) is 2.18. The maximum Gasteiger partial charge on any atom is 0.236 e. The van der Waals surface area contributed by atoms with Gasteiger partial charge in [0.15, 0.2) is 5.76 Å². The van der Waals surface area contributed by atoms with Crippen LogP contribution in [0.25, 0.3) is 6.08 Å². The molecule has 2 nitrogen and oxygen atoms in total. The van der Waals surface area contributed by atoms with Crippen molar-refractivity contribution >= 4 is 11.9 Å². The number of furan rings is 1. The van der Waals surface area contributed by atoms with Crippen LogP contribution in [0.3, 0.4) is 0 Å². The fourth-order valence-corrected chi connectivity index (χ4v) is 2.08. The minimum Gasteiger partial charge on any atom is -0.461 e. The second kappa shape index (κ2) is 7.11. The van der Waals surface area contributed by atoms with E-state index in [9.17, 15) is 4.79 Å². The summed E-state index contributed by atoms with van der Waals surface area (Å²) in [7, 11) is 0. The Hall–Kier alpha value is -3.31. The minimum absolute atomic E-state index is 0.220. The van der Waals surface area contributed by atoms with Crippen LogP contribution in [-0.2, 0) is 0 Å². The predicted molar refractivity (Wildman–Crippen MR) is 90.8 cm³/mol. The van der Waals surface area contributed by atoms with Crippen molar-refractivity contribution < 1.29 is 9.21 Å². The maximum atomic E-state index is 12.6. The van der Waals surface area contributed by atoms with Crippen molar-refractivity contribution in [2.24, 2.45) is 0 Å². The average molecular weight is 298 g/mol. The molecule has 23 heavy (non-hydrogen) atoms. The zero-order valence-corrected chi connectivity index (χ0v) is 12.4. The van der Waals surface area contributed by atoms with Gasteiger partial charge < -0.3 is 4.42 Å². The molecule has 0 amide bonds. The lowest BCUT2D eigenvalue weighted by molar-refractivity contribution is 0.101. The molecule has 0 N–H and O–H groups in total. The van der Waals surface area contributed by atoms with Gasteiger partial charge in [-0.15, -0.1) is 0 Å². The quantitative estimate of drug-likeness (QED) is 0.402. The molecule has 0 aliphatic carbocycles. The first kappa shape index (κ1) is 14.6. The van der Waals surface area contributed by atoms with Gasteiger partial charge in [0.05, 0.1) is 11.8 Å². The summed E-state index contributed by atoms with van der Waals surface area (Å²) < 4.78 is 5.21. The highest BCUT2D eigenvalue weighted by Crippen LogP contribution is 2.13. The van der Waals surface area contributed by atoms with Crippen molar-refractivity contribution in [2.75, 3.05) is 0 Å². The molecule has 110 valence electrons. The van der Waals surface area contributed by atoms with Crippen molar-refractivity contribution in [1.82, 2.24) is 0 Å². The Morgan fingerprint density at radius 1 is 0.870 bits per heavy atom. The number of carbonyl (C=O) groups excluding carboxylic acids is 1. The van der Waals surface area contributed by atoms with E-state index in [4.69, 9.17) is 4.42 Å². The van der Waals surface area contributed by atoms with Crippen LogP contribution in [0.1, 0.15) is 21.7 Å². The molecule has 0 bridgehead atoms. The second-order valence-electron chi connectivity index (χ2n) is 4.89. The Bertz CT molecular complexity index is 862. The van der Waals surface area contributed by atoms with Gasteiger partial charge in [0.1, 0.15) is 0 Å². The Labute approximate surface area is 135 Å². The summed E-state index contributed by atoms with van der Waals surface area (Å²) in [6.07, 6.45) is 3.26. The predicted octanol–water partition coefficient (Wildman–Crippen LogP) is 4.60. The van der Waals surface area contributed by atoms with Crippen LogP contribution < -0.4 is 0 Å². The van der Waals surface area contributed by atoms with E-state index in [1.165, 1.54) is 6.26 Å². The molecule has 0 radical (unpaired) electrons. The molecule has 1 aromatic heterocycles. The molecule has 3 rings (SSSR count). The second-order valence-corrected chi connectivity index (χ2v) is 4.89. The van der Waals surface area contributed by atoms with Crippen molar-refractivity contribution in [3.63, 3.8) is 0 Å². The van der Waals surface area contributed by atoms with Gasteiger partial charge in [0, 0.05) is 5.56 Å². The highest BCUT2D eigenvalue weighted by atomic mass is 16.3. The molecular formula is C21H14O2. The van der Waals surface area contributed by atoms with Crippen LogP contribution in [0, 0.1) is 11.8 Å². The molecule has 0 atom stereocenters. The number of rotatable bonds is 3. The lowest BCUT2D eigenvalue weighted by Gasteiger charge is -1.98. The number of benzene rings is 2. The molecule has 0 saturated heterocycles. The molecule has 0 fully saturated rings. The Kier molecular flexibility index (Phi) is 4.52. The SMILES string of the molecule is O=C(/C(C#Cc1ccccc1)=C/c1ccccc1)c1ccco1. The molecule has 2 heteroatoms. The first-order chi connectivity index (χ1) is 11.3. The van der Waals surface area contributed by atoms with Crippen LogP contribution in [0.5, 0.6) is 0 Å². The number of hydrogen-bond donors (Lipinski definition) is 0. The van der Waals surface area contributed by atoms with Gasteiger partial charge in [-0.25, -0.2) is 0 Å². The van der Waals surface area contributed by atoms with E-state index >= 15 is 0 Å². The van der Waals surface area contributed by atoms with Crippen LogP contribution in [-0.4, -0.2) is 5.78 Å². The minimum atomic E-state index is -0.220. The van der Waals surface area contributed by atoms with Crippen molar-refractivity contribution in [1.29, 1.82) is 0 Å². The summed E-state index contributed by atoms with van der Waals surface area (Å²) in [5, 5.41) is 0. The molecule has 0 aliphatic rings. The Morgan fingerprint density at radius 2 is 1.57 bits per heavy atom. The number of carbonyl (C=O) groups is 1. The largest absolute Gasteiger partial charge is 0.461 e. The van der Waals surface area contributed by atoms with Gasteiger partial charge in [-0.05, 0) is 35.9 Å². The van der Waals surface area contributed by atoms with Gasteiger partial charge >= 0.3 is 0 Å². The Morgan fingerprint density at radius 3 is 2.22 bits per heavy atom. The fraction of sp³-hybridized carbons (Fsp3) is 0. The Balaban J connectivity index is 1.99. The zero-order chi connectivity index (χ0) is 15.9. The normalized spacial score (nSPS) is 10.7. The lowest BCUT2D eigenvalue weighted by atomic mass is 10.1. The number of Topliss-reactive ketones (excluding diaryl/α,β-unsaturated/α-hetero) is 1. The van der Waals surface area contributed by atoms with E-state index in [0.717, 1.165) is 11.1 Å². The van der Waals surface area contributed by atoms with Gasteiger partial charge in [-0.2, -0.15) is 0 Å². The van der Waals surface area contributed by atoms with Crippen molar-refractivity contribution in [3.05, 3.63) is 102 Å². The average Bonchev–Trinajstić information content (AvgIpc) is 3.14. The van der Waals surface area contributed by atoms with Crippen molar-refractivity contribution in [2.45, 2.75) is 0 Å². The summed E-state index contributed by atoms with van der Waals surface area (Å²) >= 11 is 0. The van der Waals surface area contributed by atoms with Gasteiger partial charge in [0.2, 0.25) is 5.78 Å². The topological polar surface area (TPSA) is 30.2 Å². The summed E-state index contributed by atoms with van der Waals surface area (Å²) in [6.45, 7) is 0. The van der Waals surface area contributed by atoms with Gasteiger partial charge in [0.25, 0.3) is 0 Å². The van der Waals surface area contributed by atoms with Crippen LogP contribution >= 0.6 is 0 Å². The van der Waals surface area contributed by atoms with E-state index < -0.39 is 0 Å². The summed E-state index contributed by atoms with van der Waals surface area (Å²) in [4.78, 5) is 12.6. The first-order valence-electron chi connectivity index (χ1n) is 7.25. The lowest BCUT2D eigenvalue weighted by Crippen LogP contribution is -2.00. The third kappa shape index (κ3) is 3.87. The van der Waals surface area contributed by atoms with Gasteiger partial charge in [-0.1, -0.05) is 60.4 Å². The van der Waals surface area contributed by atoms with E-state index in [1.807, 2.05) is 60.7 Å². The molecule has 3 aromatic rings. The van der Waals surface area contributed by atoms with E-state index in [-0.39, 0.29) is 11.5 Å². The van der Waals surface area contributed by atoms with E-state index in [1.54, 1.807) is 18.2 Å². The zero-order valence-electron chi connectivity index (χ0n) is 12.4. The standard InChI is InChI=1S/C21H14O2/c22-21(20-12-7-15-23-20)19(16-18-10-5-2-6-11-18)14-13-17-8-3-1-4-9-17/h1-12,15-16H/b19-16+. The number of ketones is 1. The van der Waals surface area contributed by atoms with Gasteiger partial charge in [-0.3, -0.25) is 4.79 Å². The van der Waals surface area contributed by atoms with Crippen LogP contribution in [0.2, 0.25) is 0 Å². The maximum absolute atomic E-state index is 12.6. The monoisotopic (exact) mass is 298 g/mol. The van der Waals surface area contributed by atoms with E-state index in [0.29, 0.717) is 5.57 Å². The molecule has 1 heterocycles. The third-order valence-corrected chi connectivity index (χ3v) is 3.22. The highest BCUT2D eigenvalue weighted by molar-refractivity contribution is 6.12. The third-order valence-electron chi connectivity index (χ3n) is 3.22. The number of allylic oxidation sites excluding steroid dienone is 1. The van der Waals surface area contributed by atoms with Crippen LogP contribution in [0.15, 0.2) is 89.0 Å². The first-order valence-corrected chi connectivity index (χ1v) is 7.25. The molecule has 2 aromatic carbocycles. The van der Waals surface area contributed by atoms with Crippen LogP contribution in [0.4, 0.5) is 0 Å². The smallest absolute Gasteiger partial charge is 0.236 e. The van der Waals surface area contributed by atoms with E-state index in [2.05, 4.69) is 11.8 Å². The summed E-state index contributed by atoms with van der Waals surface area (Å²) in [6, 6.07) is 22.5. The molecule has 0 saturated carbocycles. The highest BCUT2D eigenvalue weighted by Gasteiger charge is 2.13. The molecule has 0 aliphatic heterocycles. The fourth-order valence-electron chi connectivity index (χ4n) is 2.08. The van der Waals surface area contributed by atoms with Crippen molar-refractivity contribution in [3.8, 4) is 11.8 Å².